The first-order valence-electron chi connectivity index (χ1n) is 7.16. The largest absolute Gasteiger partial charge is 0.497 e. The minimum absolute atomic E-state index is 0.186. The van der Waals surface area contributed by atoms with Crippen LogP contribution in [0.3, 0.4) is 0 Å². The normalized spacial score (nSPS) is 16.1. The lowest BCUT2D eigenvalue weighted by Gasteiger charge is -2.27. The van der Waals surface area contributed by atoms with E-state index < -0.39 is 10.0 Å². The number of methoxy groups -OCH3 is 1. The zero-order valence-corrected chi connectivity index (χ0v) is 14.4. The highest BCUT2D eigenvalue weighted by atomic mass is 32.2. The molecule has 0 atom stereocenters. The molecule has 1 saturated heterocycles. The first kappa shape index (κ1) is 17.0. The van der Waals surface area contributed by atoms with Crippen LogP contribution in [-0.2, 0) is 10.0 Å². The lowest BCUT2D eigenvalue weighted by molar-refractivity contribution is 0.346. The minimum Gasteiger partial charge on any atom is -0.497 e. The summed E-state index contributed by atoms with van der Waals surface area (Å²) in [4.78, 5) is 0.186. The SMILES string of the molecule is CNC(=S)Nc1ccc(OC)cc1S(=O)(=O)N1CCCCC1. The second-order valence-electron chi connectivity index (χ2n) is 5.03. The third-order valence-electron chi connectivity index (χ3n) is 3.60. The molecule has 1 heterocycles. The van der Waals surface area contributed by atoms with E-state index in [1.165, 1.54) is 17.5 Å². The quantitative estimate of drug-likeness (QED) is 0.812. The monoisotopic (exact) mass is 343 g/mol. The summed E-state index contributed by atoms with van der Waals surface area (Å²) in [5, 5.41) is 6.06. The van der Waals surface area contributed by atoms with Gasteiger partial charge in [0.2, 0.25) is 10.0 Å². The predicted octanol–water partition coefficient (Wildman–Crippen LogP) is 1.79. The molecule has 22 heavy (non-hydrogen) atoms. The van der Waals surface area contributed by atoms with Crippen molar-refractivity contribution in [2.24, 2.45) is 0 Å². The molecule has 0 radical (unpaired) electrons. The van der Waals surface area contributed by atoms with E-state index in [4.69, 9.17) is 17.0 Å². The van der Waals surface area contributed by atoms with Crippen molar-refractivity contribution < 1.29 is 13.2 Å². The molecule has 8 heteroatoms. The number of rotatable bonds is 4. The molecule has 6 nitrogen and oxygen atoms in total. The van der Waals surface area contributed by atoms with Gasteiger partial charge in [0.05, 0.1) is 12.8 Å². The van der Waals surface area contributed by atoms with Gasteiger partial charge in [0.15, 0.2) is 5.11 Å². The summed E-state index contributed by atoms with van der Waals surface area (Å²) in [7, 11) is -0.386. The van der Waals surface area contributed by atoms with E-state index in [0.29, 0.717) is 29.6 Å². The molecule has 122 valence electrons. The van der Waals surface area contributed by atoms with Gasteiger partial charge >= 0.3 is 0 Å². The number of piperidine rings is 1. The molecule has 0 aliphatic carbocycles. The summed E-state index contributed by atoms with van der Waals surface area (Å²) in [5.74, 6) is 0.497. The minimum atomic E-state index is -3.58. The number of ether oxygens (including phenoxy) is 1. The van der Waals surface area contributed by atoms with Gasteiger partial charge in [0.1, 0.15) is 10.6 Å². The Labute approximate surface area is 136 Å². The highest BCUT2D eigenvalue weighted by molar-refractivity contribution is 7.89. The van der Waals surface area contributed by atoms with Crippen LogP contribution < -0.4 is 15.4 Å². The second-order valence-corrected chi connectivity index (χ2v) is 7.35. The Morgan fingerprint density at radius 3 is 2.55 bits per heavy atom. The van der Waals surface area contributed by atoms with E-state index in [9.17, 15) is 8.42 Å². The van der Waals surface area contributed by atoms with Crippen LogP contribution in [0.25, 0.3) is 0 Å². The van der Waals surface area contributed by atoms with Crippen molar-refractivity contribution in [1.29, 1.82) is 0 Å². The van der Waals surface area contributed by atoms with Gasteiger partial charge < -0.3 is 15.4 Å². The molecule has 0 unspecified atom stereocenters. The fourth-order valence-electron chi connectivity index (χ4n) is 2.38. The van der Waals surface area contributed by atoms with Crippen molar-refractivity contribution in [3.8, 4) is 5.75 Å². The number of sulfonamides is 1. The summed E-state index contributed by atoms with van der Waals surface area (Å²) in [6.07, 6.45) is 2.85. The van der Waals surface area contributed by atoms with Crippen LogP contribution >= 0.6 is 12.2 Å². The van der Waals surface area contributed by atoms with E-state index in [1.807, 2.05) is 0 Å². The van der Waals surface area contributed by atoms with E-state index in [0.717, 1.165) is 19.3 Å². The zero-order chi connectivity index (χ0) is 16.2. The second kappa shape index (κ2) is 7.26. The lowest BCUT2D eigenvalue weighted by atomic mass is 10.2. The topological polar surface area (TPSA) is 70.7 Å². The van der Waals surface area contributed by atoms with Gasteiger partial charge in [-0.25, -0.2) is 8.42 Å². The smallest absolute Gasteiger partial charge is 0.245 e. The van der Waals surface area contributed by atoms with Crippen molar-refractivity contribution in [2.45, 2.75) is 24.2 Å². The number of nitrogens with one attached hydrogen (secondary N) is 2. The standard InChI is InChI=1S/C14H21N3O3S2/c1-15-14(21)16-12-7-6-11(20-2)10-13(12)22(18,19)17-8-4-3-5-9-17/h6-7,10H,3-5,8-9H2,1-2H3,(H2,15,16,21). The average molecular weight is 343 g/mol. The molecule has 1 aliphatic heterocycles. The van der Waals surface area contributed by atoms with E-state index in [-0.39, 0.29) is 4.90 Å². The summed E-state index contributed by atoms with van der Waals surface area (Å²) in [6.45, 7) is 1.10. The number of anilines is 1. The van der Waals surface area contributed by atoms with Gasteiger partial charge in [0, 0.05) is 26.2 Å². The van der Waals surface area contributed by atoms with Crippen LogP contribution in [0, 0.1) is 0 Å². The third kappa shape index (κ3) is 3.68. The summed E-state index contributed by atoms with van der Waals surface area (Å²) in [5.41, 5.74) is 0.450. The highest BCUT2D eigenvalue weighted by Crippen LogP contribution is 2.30. The van der Waals surface area contributed by atoms with Crippen LogP contribution in [-0.4, -0.2) is 45.1 Å². The maximum Gasteiger partial charge on any atom is 0.245 e. The Morgan fingerprint density at radius 2 is 1.95 bits per heavy atom. The summed E-state index contributed by atoms with van der Waals surface area (Å²) >= 11 is 5.08. The van der Waals surface area contributed by atoms with E-state index in [1.54, 1.807) is 19.2 Å². The molecule has 1 aliphatic rings. The van der Waals surface area contributed by atoms with Crippen LogP contribution in [0.15, 0.2) is 23.1 Å². The fraction of sp³-hybridized carbons (Fsp3) is 0.500. The Hall–Kier alpha value is -1.38. The molecule has 0 amide bonds. The molecule has 0 bridgehead atoms. The average Bonchev–Trinajstić information content (AvgIpc) is 2.55. The lowest BCUT2D eigenvalue weighted by Crippen LogP contribution is -2.36. The maximum atomic E-state index is 12.9. The fourth-order valence-corrected chi connectivity index (χ4v) is 4.16. The molecule has 1 fully saturated rings. The maximum absolute atomic E-state index is 12.9. The van der Waals surface area contributed by atoms with Gasteiger partial charge in [0.25, 0.3) is 0 Å². The van der Waals surface area contributed by atoms with Crippen LogP contribution in [0.5, 0.6) is 5.75 Å². The van der Waals surface area contributed by atoms with Crippen molar-refractivity contribution in [3.05, 3.63) is 18.2 Å². The van der Waals surface area contributed by atoms with Gasteiger partial charge in [-0.15, -0.1) is 0 Å². The molecular formula is C14H21N3O3S2. The molecule has 0 saturated carbocycles. The first-order chi connectivity index (χ1) is 10.5. The number of benzene rings is 1. The third-order valence-corrected chi connectivity index (χ3v) is 5.84. The number of nitrogens with zero attached hydrogens (tertiary/aromatic N) is 1. The Morgan fingerprint density at radius 1 is 1.27 bits per heavy atom. The predicted molar refractivity (Wildman–Crippen MR) is 90.9 cm³/mol. The van der Waals surface area contributed by atoms with Gasteiger partial charge in [-0.1, -0.05) is 6.42 Å². The van der Waals surface area contributed by atoms with E-state index in [2.05, 4.69) is 10.6 Å². The molecule has 1 aromatic carbocycles. The molecule has 2 N–H and O–H groups in total. The van der Waals surface area contributed by atoms with Crippen molar-refractivity contribution in [3.63, 3.8) is 0 Å². The van der Waals surface area contributed by atoms with Crippen molar-refractivity contribution >= 4 is 33.0 Å². The zero-order valence-electron chi connectivity index (χ0n) is 12.8. The van der Waals surface area contributed by atoms with E-state index >= 15 is 0 Å². The van der Waals surface area contributed by atoms with Crippen LogP contribution in [0.2, 0.25) is 0 Å². The van der Waals surface area contributed by atoms with Crippen LogP contribution in [0.1, 0.15) is 19.3 Å². The number of thiocarbonyl (C=S) groups is 1. The van der Waals surface area contributed by atoms with Crippen molar-refractivity contribution in [2.75, 3.05) is 32.6 Å². The van der Waals surface area contributed by atoms with Gasteiger partial charge in [-0.2, -0.15) is 4.31 Å². The Kier molecular flexibility index (Phi) is 5.60. The van der Waals surface area contributed by atoms with Gasteiger partial charge in [-0.3, -0.25) is 0 Å². The van der Waals surface area contributed by atoms with Crippen molar-refractivity contribution in [1.82, 2.24) is 9.62 Å². The molecule has 0 spiro atoms. The highest BCUT2D eigenvalue weighted by Gasteiger charge is 2.29. The molecule has 2 rings (SSSR count). The molecule has 0 aromatic heterocycles. The first-order valence-corrected chi connectivity index (χ1v) is 9.01. The Bertz CT molecular complexity index is 641. The summed E-state index contributed by atoms with van der Waals surface area (Å²) < 4.78 is 32.5. The van der Waals surface area contributed by atoms with Gasteiger partial charge in [-0.05, 0) is 37.2 Å². The molecule has 1 aromatic rings. The van der Waals surface area contributed by atoms with Crippen LogP contribution in [0.4, 0.5) is 5.69 Å². The Balaban J connectivity index is 2.43. The summed E-state index contributed by atoms with van der Waals surface area (Å²) in [6, 6.07) is 4.90. The number of hydrogen-bond donors (Lipinski definition) is 2. The molecular weight excluding hydrogens is 322 g/mol. The number of hydrogen-bond acceptors (Lipinski definition) is 4.